The lowest BCUT2D eigenvalue weighted by molar-refractivity contribution is -0.384. The first-order chi connectivity index (χ1) is 5.65. The Bertz CT molecular complexity index is 367. The molecule has 60 valence electrons. The monoisotopic (exact) mass is 163 g/mol. The van der Waals surface area contributed by atoms with Crippen molar-refractivity contribution < 1.29 is 4.92 Å². The molecule has 0 aliphatic rings. The van der Waals surface area contributed by atoms with Crippen molar-refractivity contribution in [2.24, 2.45) is 0 Å². The van der Waals surface area contributed by atoms with Crippen molar-refractivity contribution in [3.05, 3.63) is 39.7 Å². The molecule has 0 amide bonds. The van der Waals surface area contributed by atoms with Crippen LogP contribution >= 0.6 is 0 Å². The molecular formula is C7H5N3O2. The van der Waals surface area contributed by atoms with E-state index in [2.05, 4.69) is 4.85 Å². The molecule has 2 N–H and O–H groups in total. The van der Waals surface area contributed by atoms with E-state index >= 15 is 0 Å². The van der Waals surface area contributed by atoms with Crippen LogP contribution in [0.25, 0.3) is 4.85 Å². The van der Waals surface area contributed by atoms with Crippen molar-refractivity contribution in [2.75, 3.05) is 5.73 Å². The minimum atomic E-state index is -0.552. The Hall–Kier alpha value is -2.09. The van der Waals surface area contributed by atoms with E-state index in [4.69, 9.17) is 12.3 Å². The average Bonchev–Trinajstić information content (AvgIpc) is 2.04. The Labute approximate surface area is 68.4 Å². The number of hydrogen-bond donors (Lipinski definition) is 1. The molecule has 0 aliphatic carbocycles. The molecule has 0 radical (unpaired) electrons. The molecule has 0 fully saturated rings. The second-order valence-electron chi connectivity index (χ2n) is 2.11. The van der Waals surface area contributed by atoms with E-state index in [0.29, 0.717) is 0 Å². The van der Waals surface area contributed by atoms with Gasteiger partial charge in [0.1, 0.15) is 0 Å². The minimum absolute atomic E-state index is 0.0973. The van der Waals surface area contributed by atoms with E-state index in [0.717, 1.165) is 0 Å². The number of hydrogen-bond acceptors (Lipinski definition) is 3. The van der Waals surface area contributed by atoms with Crippen LogP contribution in [0.1, 0.15) is 0 Å². The summed E-state index contributed by atoms with van der Waals surface area (Å²) < 4.78 is 0. The largest absolute Gasteiger partial charge is 0.407 e. The first-order valence-electron chi connectivity index (χ1n) is 3.06. The highest BCUT2D eigenvalue weighted by atomic mass is 16.6. The maximum absolute atomic E-state index is 10.2. The Morgan fingerprint density at radius 2 is 2.25 bits per heavy atom. The Kier molecular flexibility index (Phi) is 1.92. The summed E-state index contributed by atoms with van der Waals surface area (Å²) >= 11 is 0. The second kappa shape index (κ2) is 2.88. The van der Waals surface area contributed by atoms with E-state index in [1.807, 2.05) is 0 Å². The fraction of sp³-hybridized carbons (Fsp3) is 0. The fourth-order valence-corrected chi connectivity index (χ4v) is 0.757. The highest BCUT2D eigenvalue weighted by Gasteiger charge is 2.07. The van der Waals surface area contributed by atoms with Gasteiger partial charge in [-0.3, -0.25) is 10.1 Å². The van der Waals surface area contributed by atoms with Crippen LogP contribution in [0.2, 0.25) is 0 Å². The predicted octanol–water partition coefficient (Wildman–Crippen LogP) is 1.73. The van der Waals surface area contributed by atoms with Crippen molar-refractivity contribution in [3.63, 3.8) is 0 Å². The standard InChI is InChI=1S/C7H5N3O2/c1-9-7-3-2-5(10(11)12)4-6(7)8/h2-4H,8H2. The van der Waals surface area contributed by atoms with Gasteiger partial charge in [0.05, 0.1) is 11.5 Å². The SMILES string of the molecule is [C-]#[N+]c1ccc([N+](=O)[O-])cc1N. The highest BCUT2D eigenvalue weighted by Crippen LogP contribution is 2.26. The van der Waals surface area contributed by atoms with Crippen molar-refractivity contribution in [1.82, 2.24) is 0 Å². The van der Waals surface area contributed by atoms with E-state index in [1.165, 1.54) is 18.2 Å². The van der Waals surface area contributed by atoms with Gasteiger partial charge in [-0.1, -0.05) is 0 Å². The van der Waals surface area contributed by atoms with Crippen LogP contribution in [-0.2, 0) is 0 Å². The Morgan fingerprint density at radius 1 is 1.58 bits per heavy atom. The summed E-state index contributed by atoms with van der Waals surface area (Å²) in [4.78, 5) is 12.7. The lowest BCUT2D eigenvalue weighted by Crippen LogP contribution is -1.90. The van der Waals surface area contributed by atoms with E-state index in [9.17, 15) is 10.1 Å². The zero-order valence-corrected chi connectivity index (χ0v) is 6.02. The summed E-state index contributed by atoms with van der Waals surface area (Å²) in [6, 6.07) is 3.76. The van der Waals surface area contributed by atoms with Gasteiger partial charge in [-0.2, -0.15) is 0 Å². The molecular weight excluding hydrogens is 158 g/mol. The van der Waals surface area contributed by atoms with Crippen LogP contribution in [0.15, 0.2) is 18.2 Å². The minimum Gasteiger partial charge on any atom is -0.407 e. The molecule has 0 saturated carbocycles. The number of nitro groups is 1. The average molecular weight is 163 g/mol. The number of nitrogens with two attached hydrogens (primary N) is 1. The summed E-state index contributed by atoms with van der Waals surface area (Å²) in [5.41, 5.74) is 5.63. The fourth-order valence-electron chi connectivity index (χ4n) is 0.757. The molecule has 0 unspecified atom stereocenters. The second-order valence-corrected chi connectivity index (χ2v) is 2.11. The molecule has 0 aliphatic heterocycles. The number of anilines is 1. The van der Waals surface area contributed by atoms with Crippen LogP contribution in [0.4, 0.5) is 17.1 Å². The molecule has 5 heteroatoms. The van der Waals surface area contributed by atoms with Gasteiger partial charge in [-0.15, -0.1) is 0 Å². The molecule has 0 saturated heterocycles. The zero-order chi connectivity index (χ0) is 9.14. The maximum Gasteiger partial charge on any atom is 0.268 e. The quantitative estimate of drug-likeness (QED) is 0.296. The van der Waals surface area contributed by atoms with Crippen LogP contribution in [0, 0.1) is 16.7 Å². The number of nitro benzene ring substituents is 1. The summed E-state index contributed by atoms with van der Waals surface area (Å²) in [6.45, 7) is 6.64. The summed E-state index contributed by atoms with van der Waals surface area (Å²) in [7, 11) is 0. The van der Waals surface area contributed by atoms with Crippen molar-refractivity contribution in [2.45, 2.75) is 0 Å². The molecule has 5 nitrogen and oxygen atoms in total. The number of rotatable bonds is 1. The number of non-ortho nitro benzene ring substituents is 1. The normalized spacial score (nSPS) is 8.92. The van der Waals surface area contributed by atoms with Crippen molar-refractivity contribution in [3.8, 4) is 0 Å². The Balaban J connectivity index is 3.21. The first kappa shape index (κ1) is 8.01. The number of nitrogens with zero attached hydrogens (tertiary/aromatic N) is 2. The summed E-state index contributed by atoms with van der Waals surface area (Å²) in [5, 5.41) is 10.2. The molecule has 1 aromatic carbocycles. The van der Waals surface area contributed by atoms with Crippen LogP contribution in [-0.4, -0.2) is 4.92 Å². The van der Waals surface area contributed by atoms with Gasteiger partial charge in [0.2, 0.25) is 5.69 Å². The van der Waals surface area contributed by atoms with Gasteiger partial charge in [0, 0.05) is 17.8 Å². The van der Waals surface area contributed by atoms with Gasteiger partial charge in [-0.05, 0) is 6.07 Å². The molecule has 12 heavy (non-hydrogen) atoms. The lowest BCUT2D eigenvalue weighted by Gasteiger charge is -1.95. The van der Waals surface area contributed by atoms with E-state index in [-0.39, 0.29) is 17.1 Å². The van der Waals surface area contributed by atoms with E-state index in [1.54, 1.807) is 0 Å². The van der Waals surface area contributed by atoms with E-state index < -0.39 is 4.92 Å². The molecule has 0 atom stereocenters. The smallest absolute Gasteiger partial charge is 0.268 e. The zero-order valence-electron chi connectivity index (χ0n) is 6.02. The van der Waals surface area contributed by atoms with Gasteiger partial charge in [0.15, 0.2) is 0 Å². The third-order valence-electron chi connectivity index (χ3n) is 1.34. The maximum atomic E-state index is 10.2. The topological polar surface area (TPSA) is 73.5 Å². The third kappa shape index (κ3) is 1.32. The van der Waals surface area contributed by atoms with Crippen LogP contribution in [0.5, 0.6) is 0 Å². The molecule has 0 heterocycles. The molecule has 0 spiro atoms. The van der Waals surface area contributed by atoms with Crippen LogP contribution in [0.3, 0.4) is 0 Å². The van der Waals surface area contributed by atoms with Gasteiger partial charge in [0.25, 0.3) is 5.69 Å². The van der Waals surface area contributed by atoms with Gasteiger partial charge in [-0.25, -0.2) is 4.85 Å². The highest BCUT2D eigenvalue weighted by molar-refractivity contribution is 5.69. The summed E-state index contributed by atoms with van der Waals surface area (Å²) in [6.07, 6.45) is 0. The number of benzene rings is 1. The van der Waals surface area contributed by atoms with Crippen LogP contribution < -0.4 is 5.73 Å². The predicted molar refractivity (Wildman–Crippen MR) is 43.8 cm³/mol. The van der Waals surface area contributed by atoms with Crippen molar-refractivity contribution >= 4 is 17.1 Å². The van der Waals surface area contributed by atoms with Gasteiger partial charge >= 0.3 is 0 Å². The molecule has 0 aromatic heterocycles. The summed E-state index contributed by atoms with van der Waals surface area (Å²) in [5.74, 6) is 0. The molecule has 1 rings (SSSR count). The van der Waals surface area contributed by atoms with Gasteiger partial charge < -0.3 is 5.73 Å². The number of nitrogen functional groups attached to an aromatic ring is 1. The third-order valence-corrected chi connectivity index (χ3v) is 1.34. The first-order valence-corrected chi connectivity index (χ1v) is 3.06. The Morgan fingerprint density at radius 3 is 2.67 bits per heavy atom. The molecule has 1 aromatic rings. The lowest BCUT2D eigenvalue weighted by atomic mass is 10.2. The molecule has 0 bridgehead atoms. The van der Waals surface area contributed by atoms with Crippen molar-refractivity contribution in [1.29, 1.82) is 0 Å².